The minimum atomic E-state index is -0.796. The highest BCUT2D eigenvalue weighted by Gasteiger charge is 2.51. The van der Waals surface area contributed by atoms with E-state index in [0.29, 0.717) is 18.7 Å². The van der Waals surface area contributed by atoms with Gasteiger partial charge in [-0.05, 0) is 37.5 Å². The third-order valence-corrected chi connectivity index (χ3v) is 6.39. The minimum absolute atomic E-state index is 0.0728. The molecule has 4 nitrogen and oxygen atoms in total. The van der Waals surface area contributed by atoms with Crippen molar-refractivity contribution in [1.29, 1.82) is 0 Å². The molecule has 5 heteroatoms. The zero-order valence-electron chi connectivity index (χ0n) is 16.1. The summed E-state index contributed by atoms with van der Waals surface area (Å²) in [4.78, 5) is 15.1. The Morgan fingerprint density at radius 2 is 1.89 bits per heavy atom. The van der Waals surface area contributed by atoms with Crippen LogP contribution in [0.5, 0.6) is 5.75 Å². The van der Waals surface area contributed by atoms with E-state index in [1.54, 1.807) is 24.1 Å². The molecule has 1 aliphatic heterocycles. The van der Waals surface area contributed by atoms with Crippen molar-refractivity contribution in [2.75, 3.05) is 13.7 Å². The van der Waals surface area contributed by atoms with Crippen LogP contribution < -0.4 is 4.74 Å². The summed E-state index contributed by atoms with van der Waals surface area (Å²) >= 11 is 0. The van der Waals surface area contributed by atoms with Crippen molar-refractivity contribution in [2.45, 2.75) is 43.7 Å². The van der Waals surface area contributed by atoms with E-state index < -0.39 is 11.4 Å². The maximum atomic E-state index is 14.4. The van der Waals surface area contributed by atoms with E-state index in [9.17, 15) is 14.3 Å². The molecule has 1 N–H and O–H groups in total. The fraction of sp³-hybridized carbons (Fsp3) is 0.435. The second kappa shape index (κ2) is 7.55. The van der Waals surface area contributed by atoms with Gasteiger partial charge in [0, 0.05) is 18.0 Å². The number of carbonyl (C=O) groups excluding carboxylic acids is 1. The van der Waals surface area contributed by atoms with Crippen molar-refractivity contribution >= 4 is 5.91 Å². The monoisotopic (exact) mass is 383 g/mol. The first-order valence-electron chi connectivity index (χ1n) is 9.96. The van der Waals surface area contributed by atoms with Gasteiger partial charge in [-0.1, -0.05) is 43.2 Å². The fourth-order valence-corrected chi connectivity index (χ4v) is 4.99. The third kappa shape index (κ3) is 3.18. The molecule has 148 valence electrons. The van der Waals surface area contributed by atoms with Crippen LogP contribution in [0.4, 0.5) is 4.39 Å². The first kappa shape index (κ1) is 18.9. The summed E-state index contributed by atoms with van der Waals surface area (Å²) in [5, 5.41) is 11.4. The van der Waals surface area contributed by atoms with E-state index in [-0.39, 0.29) is 23.4 Å². The highest BCUT2D eigenvalue weighted by Crippen LogP contribution is 2.51. The largest absolute Gasteiger partial charge is 0.496 e. The first-order chi connectivity index (χ1) is 13.5. The highest BCUT2D eigenvalue weighted by atomic mass is 19.1. The number of hydrogen-bond donors (Lipinski definition) is 1. The lowest BCUT2D eigenvalue weighted by atomic mass is 9.66. The molecule has 0 spiro atoms. The summed E-state index contributed by atoms with van der Waals surface area (Å²) in [7, 11) is 1.61. The van der Waals surface area contributed by atoms with Gasteiger partial charge in [0.05, 0.1) is 24.3 Å². The van der Waals surface area contributed by atoms with E-state index in [0.717, 1.165) is 31.2 Å². The fourth-order valence-electron chi connectivity index (χ4n) is 4.99. The number of para-hydroxylation sites is 1. The molecule has 28 heavy (non-hydrogen) atoms. The van der Waals surface area contributed by atoms with Crippen molar-refractivity contribution in [3.8, 4) is 5.75 Å². The number of hydrogen-bond acceptors (Lipinski definition) is 3. The Bertz CT molecular complexity index is 870. The second-order valence-electron chi connectivity index (χ2n) is 7.87. The quantitative estimate of drug-likeness (QED) is 0.858. The average Bonchev–Trinajstić information content (AvgIpc) is 2.72. The normalized spacial score (nSPS) is 27.2. The summed E-state index contributed by atoms with van der Waals surface area (Å²) in [6.07, 6.45) is 4.10. The van der Waals surface area contributed by atoms with Crippen LogP contribution in [0.1, 0.15) is 54.1 Å². The van der Waals surface area contributed by atoms with Crippen molar-refractivity contribution in [2.24, 2.45) is 5.92 Å². The van der Waals surface area contributed by atoms with Crippen LogP contribution in [0.2, 0.25) is 0 Å². The van der Waals surface area contributed by atoms with Crippen LogP contribution >= 0.6 is 0 Å². The van der Waals surface area contributed by atoms with E-state index >= 15 is 0 Å². The van der Waals surface area contributed by atoms with Crippen LogP contribution in [0, 0.1) is 11.7 Å². The number of fused-ring (bicyclic) bond motifs is 1. The van der Waals surface area contributed by atoms with Gasteiger partial charge in [-0.2, -0.15) is 0 Å². The maximum Gasteiger partial charge on any atom is 0.257 e. The van der Waals surface area contributed by atoms with Gasteiger partial charge >= 0.3 is 0 Å². The van der Waals surface area contributed by atoms with Crippen LogP contribution in [0.3, 0.4) is 0 Å². The number of rotatable bonds is 3. The van der Waals surface area contributed by atoms with Crippen LogP contribution in [-0.4, -0.2) is 35.2 Å². The molecule has 3 unspecified atom stereocenters. The highest BCUT2D eigenvalue weighted by molar-refractivity contribution is 5.95. The smallest absolute Gasteiger partial charge is 0.257 e. The van der Waals surface area contributed by atoms with Gasteiger partial charge < -0.3 is 14.7 Å². The van der Waals surface area contributed by atoms with E-state index in [4.69, 9.17) is 4.74 Å². The number of ether oxygens (including phenoxy) is 1. The van der Waals surface area contributed by atoms with Crippen molar-refractivity contribution < 1.29 is 19.0 Å². The van der Waals surface area contributed by atoms with E-state index in [1.807, 2.05) is 24.3 Å². The Balaban J connectivity index is 1.80. The number of amides is 1. The van der Waals surface area contributed by atoms with Gasteiger partial charge in [0.1, 0.15) is 11.6 Å². The summed E-state index contributed by atoms with van der Waals surface area (Å²) in [6.45, 7) is 0.392. The molecule has 2 aromatic carbocycles. The molecule has 1 saturated heterocycles. The SMILES string of the molecule is COc1ccccc1C1C2CCCCC2(O)CCN1C(=O)c1ccccc1F. The van der Waals surface area contributed by atoms with E-state index in [2.05, 4.69) is 0 Å². The zero-order chi connectivity index (χ0) is 19.7. The number of carbonyl (C=O) groups is 1. The molecule has 2 aromatic rings. The lowest BCUT2D eigenvalue weighted by Crippen LogP contribution is -2.56. The predicted octanol–water partition coefficient (Wildman–Crippen LogP) is 4.34. The van der Waals surface area contributed by atoms with Crippen molar-refractivity contribution in [3.63, 3.8) is 0 Å². The zero-order valence-corrected chi connectivity index (χ0v) is 16.1. The molecular weight excluding hydrogens is 357 g/mol. The maximum absolute atomic E-state index is 14.4. The van der Waals surface area contributed by atoms with Crippen LogP contribution in [0.15, 0.2) is 48.5 Å². The molecule has 3 atom stereocenters. The Hall–Kier alpha value is -2.40. The number of benzene rings is 2. The second-order valence-corrected chi connectivity index (χ2v) is 7.87. The molecule has 1 amide bonds. The van der Waals surface area contributed by atoms with Crippen LogP contribution in [-0.2, 0) is 0 Å². The number of methoxy groups -OCH3 is 1. The Labute approximate surface area is 164 Å². The minimum Gasteiger partial charge on any atom is -0.496 e. The molecule has 1 saturated carbocycles. The summed E-state index contributed by atoms with van der Waals surface area (Å²) in [6, 6.07) is 13.4. The average molecular weight is 383 g/mol. The molecule has 0 bridgehead atoms. The molecule has 0 aromatic heterocycles. The summed E-state index contributed by atoms with van der Waals surface area (Å²) < 4.78 is 19.9. The van der Waals surface area contributed by atoms with Gasteiger partial charge in [-0.15, -0.1) is 0 Å². The van der Waals surface area contributed by atoms with E-state index in [1.165, 1.54) is 12.1 Å². The molecule has 0 radical (unpaired) electrons. The standard InChI is InChI=1S/C23H26FNO3/c1-28-20-12-5-3-9-17(20)21-18-10-6-7-13-23(18,27)14-15-25(21)22(26)16-8-2-4-11-19(16)24/h2-5,8-9,11-12,18,21,27H,6-7,10,13-15H2,1H3. The third-order valence-electron chi connectivity index (χ3n) is 6.39. The summed E-state index contributed by atoms with van der Waals surface area (Å²) in [5.74, 6) is -0.256. The number of nitrogens with zero attached hydrogens (tertiary/aromatic N) is 1. The number of piperidine rings is 1. The van der Waals surface area contributed by atoms with Gasteiger partial charge in [0.2, 0.25) is 0 Å². The number of aliphatic hydroxyl groups is 1. The van der Waals surface area contributed by atoms with Gasteiger partial charge in [0.15, 0.2) is 0 Å². The molecule has 2 fully saturated rings. The Kier molecular flexibility index (Phi) is 5.11. The van der Waals surface area contributed by atoms with Gasteiger partial charge in [-0.3, -0.25) is 4.79 Å². The molecule has 4 rings (SSSR count). The Morgan fingerprint density at radius 3 is 2.68 bits per heavy atom. The number of likely N-dealkylation sites (tertiary alicyclic amines) is 1. The number of halogens is 1. The van der Waals surface area contributed by atoms with Gasteiger partial charge in [0.25, 0.3) is 5.91 Å². The van der Waals surface area contributed by atoms with Gasteiger partial charge in [-0.25, -0.2) is 4.39 Å². The summed E-state index contributed by atoms with van der Waals surface area (Å²) in [5.41, 5.74) is 0.152. The van der Waals surface area contributed by atoms with Crippen molar-refractivity contribution in [3.05, 3.63) is 65.5 Å². The molecule has 1 heterocycles. The Morgan fingerprint density at radius 1 is 1.14 bits per heavy atom. The lowest BCUT2D eigenvalue weighted by Gasteiger charge is -2.52. The predicted molar refractivity (Wildman–Crippen MR) is 105 cm³/mol. The first-order valence-corrected chi connectivity index (χ1v) is 9.96. The van der Waals surface area contributed by atoms with Crippen molar-refractivity contribution in [1.82, 2.24) is 4.90 Å². The molecule has 1 aliphatic carbocycles. The molecule has 2 aliphatic rings. The van der Waals surface area contributed by atoms with Crippen LogP contribution in [0.25, 0.3) is 0 Å². The topological polar surface area (TPSA) is 49.8 Å². The molecular formula is C23H26FNO3. The lowest BCUT2D eigenvalue weighted by molar-refractivity contribution is -0.115.